The van der Waals surface area contributed by atoms with Crippen LogP contribution in [0.5, 0.6) is 6.01 Å². The second-order valence-electron chi connectivity index (χ2n) is 6.32. The number of piperidine rings is 1. The van der Waals surface area contributed by atoms with Crippen LogP contribution in [0.4, 0.5) is 5.82 Å². The lowest BCUT2D eigenvalue weighted by Crippen LogP contribution is -2.39. The van der Waals surface area contributed by atoms with Gasteiger partial charge < -0.3 is 9.64 Å². The van der Waals surface area contributed by atoms with E-state index in [1.165, 1.54) is 24.1 Å². The molecule has 1 saturated heterocycles. The van der Waals surface area contributed by atoms with E-state index >= 15 is 0 Å². The molecule has 0 unspecified atom stereocenters. The highest BCUT2D eigenvalue weighted by molar-refractivity contribution is 6.30. The lowest BCUT2D eigenvalue weighted by atomic mass is 9.95. The third kappa shape index (κ3) is 3.29. The van der Waals surface area contributed by atoms with Gasteiger partial charge in [-0.25, -0.2) is 19.9 Å². The van der Waals surface area contributed by atoms with Crippen LogP contribution in [0.25, 0.3) is 0 Å². The van der Waals surface area contributed by atoms with Crippen molar-refractivity contribution in [2.45, 2.75) is 44.6 Å². The van der Waals surface area contributed by atoms with Crippen LogP contribution in [0.1, 0.15) is 36.9 Å². The van der Waals surface area contributed by atoms with Gasteiger partial charge in [0.15, 0.2) is 0 Å². The fourth-order valence-electron chi connectivity index (χ4n) is 3.47. The summed E-state index contributed by atoms with van der Waals surface area (Å²) in [5.41, 5.74) is 2.59. The number of ether oxygens (including phenoxy) is 1. The summed E-state index contributed by atoms with van der Waals surface area (Å²) in [6.45, 7) is 1.86. The summed E-state index contributed by atoms with van der Waals surface area (Å²) in [7, 11) is 0. The second-order valence-corrected chi connectivity index (χ2v) is 6.75. The van der Waals surface area contributed by atoms with E-state index in [1.54, 1.807) is 18.7 Å². The Morgan fingerprint density at radius 2 is 1.75 bits per heavy atom. The average Bonchev–Trinajstić information content (AvgIpc) is 2.64. The van der Waals surface area contributed by atoms with Crippen LogP contribution in [0.2, 0.25) is 5.02 Å². The molecule has 1 fully saturated rings. The maximum atomic E-state index is 5.87. The van der Waals surface area contributed by atoms with Gasteiger partial charge in [-0.2, -0.15) is 0 Å². The molecule has 2 aromatic heterocycles. The molecule has 0 bridgehead atoms. The molecule has 3 heterocycles. The fraction of sp³-hybridized carbons (Fsp3) is 0.529. The van der Waals surface area contributed by atoms with Crippen molar-refractivity contribution in [3.63, 3.8) is 0 Å². The minimum absolute atomic E-state index is 0.139. The minimum atomic E-state index is 0.139. The number of aryl methyl sites for hydroxylation is 1. The van der Waals surface area contributed by atoms with Gasteiger partial charge in [0.1, 0.15) is 18.2 Å². The summed E-state index contributed by atoms with van der Waals surface area (Å²) in [5, 5.41) is 0.519. The molecule has 1 aliphatic carbocycles. The maximum absolute atomic E-state index is 5.87. The molecule has 24 heavy (non-hydrogen) atoms. The highest BCUT2D eigenvalue weighted by Crippen LogP contribution is 2.29. The minimum Gasteiger partial charge on any atom is -0.460 e. The average molecular weight is 346 g/mol. The number of halogens is 1. The van der Waals surface area contributed by atoms with Gasteiger partial charge in [-0.05, 0) is 25.7 Å². The summed E-state index contributed by atoms with van der Waals surface area (Å²) in [4.78, 5) is 19.6. The number of anilines is 1. The van der Waals surface area contributed by atoms with Gasteiger partial charge in [0.05, 0.1) is 17.4 Å². The summed E-state index contributed by atoms with van der Waals surface area (Å²) in [6, 6.07) is 0.400. The molecule has 0 spiro atoms. The zero-order valence-electron chi connectivity index (χ0n) is 13.5. The van der Waals surface area contributed by atoms with Crippen molar-refractivity contribution in [2.75, 3.05) is 18.0 Å². The first-order valence-electron chi connectivity index (χ1n) is 8.51. The molecule has 7 heteroatoms. The molecule has 0 saturated carbocycles. The standard InChI is InChI=1S/C17H20ClN5O/c18-12-9-19-17(20-10-12)24-13-5-7-23(8-6-13)16-14-3-1-2-4-15(14)21-11-22-16/h9-11,13H,1-8H2. The van der Waals surface area contributed by atoms with E-state index in [0.29, 0.717) is 11.0 Å². The number of rotatable bonds is 3. The van der Waals surface area contributed by atoms with Crippen LogP contribution >= 0.6 is 11.6 Å². The summed E-state index contributed by atoms with van der Waals surface area (Å²) < 4.78 is 5.87. The topological polar surface area (TPSA) is 64.0 Å². The predicted molar refractivity (Wildman–Crippen MR) is 91.6 cm³/mol. The monoisotopic (exact) mass is 345 g/mol. The van der Waals surface area contributed by atoms with E-state index in [4.69, 9.17) is 16.3 Å². The van der Waals surface area contributed by atoms with Crippen LogP contribution in [0.3, 0.4) is 0 Å². The Hall–Kier alpha value is -1.95. The Bertz CT molecular complexity index is 701. The van der Waals surface area contributed by atoms with Gasteiger partial charge in [-0.15, -0.1) is 0 Å². The molecule has 4 rings (SSSR count). The van der Waals surface area contributed by atoms with Crippen molar-refractivity contribution >= 4 is 17.4 Å². The predicted octanol–water partition coefficient (Wildman–Crippen LogP) is 2.85. The summed E-state index contributed by atoms with van der Waals surface area (Å²) in [6.07, 6.45) is 11.5. The van der Waals surface area contributed by atoms with Crippen molar-refractivity contribution in [3.8, 4) is 6.01 Å². The van der Waals surface area contributed by atoms with E-state index in [2.05, 4.69) is 24.8 Å². The third-order valence-corrected chi connectivity index (χ3v) is 4.91. The largest absolute Gasteiger partial charge is 0.460 e. The van der Waals surface area contributed by atoms with E-state index in [0.717, 1.165) is 44.6 Å². The SMILES string of the molecule is Clc1cnc(OC2CCN(c3ncnc4c3CCCC4)CC2)nc1. The van der Waals surface area contributed by atoms with Crippen molar-refractivity contribution in [2.24, 2.45) is 0 Å². The Morgan fingerprint density at radius 3 is 2.54 bits per heavy atom. The van der Waals surface area contributed by atoms with Gasteiger partial charge in [-0.1, -0.05) is 11.6 Å². The Morgan fingerprint density at radius 1 is 1.00 bits per heavy atom. The molecule has 2 aromatic rings. The van der Waals surface area contributed by atoms with Crippen LogP contribution in [-0.4, -0.2) is 39.1 Å². The zero-order valence-corrected chi connectivity index (χ0v) is 14.2. The molecule has 0 atom stereocenters. The zero-order chi connectivity index (χ0) is 16.4. The van der Waals surface area contributed by atoms with Crippen LogP contribution in [-0.2, 0) is 12.8 Å². The van der Waals surface area contributed by atoms with Crippen LogP contribution in [0, 0.1) is 0 Å². The highest BCUT2D eigenvalue weighted by atomic mass is 35.5. The second kappa shape index (κ2) is 6.89. The number of hydrogen-bond acceptors (Lipinski definition) is 6. The van der Waals surface area contributed by atoms with Crippen LogP contribution in [0.15, 0.2) is 18.7 Å². The van der Waals surface area contributed by atoms with E-state index in [1.807, 2.05) is 0 Å². The van der Waals surface area contributed by atoms with Crippen LogP contribution < -0.4 is 9.64 Å². The van der Waals surface area contributed by atoms with Crippen molar-refractivity contribution in [1.29, 1.82) is 0 Å². The van der Waals surface area contributed by atoms with Gasteiger partial charge >= 0.3 is 6.01 Å². The van der Waals surface area contributed by atoms with Crippen molar-refractivity contribution in [3.05, 3.63) is 35.0 Å². The van der Waals surface area contributed by atoms with E-state index in [-0.39, 0.29) is 6.10 Å². The lowest BCUT2D eigenvalue weighted by molar-refractivity contribution is 0.156. The molecule has 6 nitrogen and oxygen atoms in total. The Balaban J connectivity index is 1.40. The summed E-state index contributed by atoms with van der Waals surface area (Å²) >= 11 is 5.80. The summed E-state index contributed by atoms with van der Waals surface area (Å²) in [5.74, 6) is 1.13. The molecule has 126 valence electrons. The highest BCUT2D eigenvalue weighted by Gasteiger charge is 2.25. The molecule has 0 aromatic carbocycles. The number of fused-ring (bicyclic) bond motifs is 1. The van der Waals surface area contributed by atoms with E-state index in [9.17, 15) is 0 Å². The normalized spacial score (nSPS) is 18.3. The van der Waals surface area contributed by atoms with Gasteiger partial charge in [-0.3, -0.25) is 0 Å². The molecular formula is C17H20ClN5O. The lowest BCUT2D eigenvalue weighted by Gasteiger charge is -2.34. The molecule has 0 amide bonds. The quantitative estimate of drug-likeness (QED) is 0.852. The smallest absolute Gasteiger partial charge is 0.316 e. The third-order valence-electron chi connectivity index (χ3n) is 4.71. The maximum Gasteiger partial charge on any atom is 0.316 e. The Kier molecular flexibility index (Phi) is 4.47. The Labute approximate surface area is 146 Å². The van der Waals surface area contributed by atoms with Gasteiger partial charge in [0.2, 0.25) is 0 Å². The van der Waals surface area contributed by atoms with Crippen molar-refractivity contribution < 1.29 is 4.74 Å². The molecule has 0 N–H and O–H groups in total. The van der Waals surface area contributed by atoms with E-state index < -0.39 is 0 Å². The van der Waals surface area contributed by atoms with Crippen molar-refractivity contribution in [1.82, 2.24) is 19.9 Å². The van der Waals surface area contributed by atoms with Gasteiger partial charge in [0, 0.05) is 37.2 Å². The molecule has 0 radical (unpaired) electrons. The molecule has 2 aliphatic rings. The fourth-order valence-corrected chi connectivity index (χ4v) is 3.57. The number of aromatic nitrogens is 4. The molecular weight excluding hydrogens is 326 g/mol. The van der Waals surface area contributed by atoms with Gasteiger partial charge in [0.25, 0.3) is 0 Å². The number of nitrogens with zero attached hydrogens (tertiary/aromatic N) is 5. The first-order valence-corrected chi connectivity index (χ1v) is 8.89. The number of hydrogen-bond donors (Lipinski definition) is 0. The molecule has 1 aliphatic heterocycles. The first-order chi connectivity index (χ1) is 11.8. The first kappa shape index (κ1) is 15.6.